The first-order valence-electron chi connectivity index (χ1n) is 6.68. The van der Waals surface area contributed by atoms with Gasteiger partial charge in [0, 0.05) is 6.42 Å². The Bertz CT molecular complexity index is 458. The zero-order valence-electron chi connectivity index (χ0n) is 11.1. The highest BCUT2D eigenvalue weighted by Crippen LogP contribution is 2.30. The van der Waals surface area contributed by atoms with Gasteiger partial charge < -0.3 is 4.74 Å². The maximum atomic E-state index is 12.4. The van der Waals surface area contributed by atoms with Gasteiger partial charge in [-0.15, -0.1) is 0 Å². The minimum atomic E-state index is -0.885. The Hall–Kier alpha value is -1.68. The molecule has 0 spiro atoms. The number of ether oxygens (including phenoxy) is 1. The number of carbonyl (C=O) groups excluding carboxylic acids is 2. The van der Waals surface area contributed by atoms with Crippen LogP contribution in [0.4, 0.5) is 0 Å². The maximum Gasteiger partial charge on any atom is 0.331 e. The molecule has 0 aliphatic carbocycles. The molecule has 1 aromatic carbocycles. The van der Waals surface area contributed by atoms with Crippen LogP contribution in [0.2, 0.25) is 0 Å². The Morgan fingerprint density at radius 2 is 2.11 bits per heavy atom. The summed E-state index contributed by atoms with van der Waals surface area (Å²) in [7, 11) is 0. The van der Waals surface area contributed by atoms with E-state index in [2.05, 4.69) is 5.32 Å². The largest absolute Gasteiger partial charge is 0.464 e. The smallest absolute Gasteiger partial charge is 0.331 e. The van der Waals surface area contributed by atoms with Crippen LogP contribution in [0.5, 0.6) is 0 Å². The van der Waals surface area contributed by atoms with Crippen LogP contribution in [0.3, 0.4) is 0 Å². The number of rotatable bonds is 3. The summed E-state index contributed by atoms with van der Waals surface area (Å²) >= 11 is 0. The average Bonchev–Trinajstić information content (AvgIpc) is 2.63. The molecule has 0 bridgehead atoms. The highest BCUT2D eigenvalue weighted by molar-refractivity contribution is 5.86. The number of carbonyl (C=O) groups is 2. The molecule has 1 aromatic rings. The van der Waals surface area contributed by atoms with Crippen molar-refractivity contribution in [1.29, 1.82) is 0 Å². The van der Waals surface area contributed by atoms with Crippen molar-refractivity contribution >= 4 is 11.8 Å². The van der Waals surface area contributed by atoms with E-state index in [4.69, 9.17) is 4.74 Å². The van der Waals surface area contributed by atoms with Crippen LogP contribution < -0.4 is 5.32 Å². The molecule has 1 N–H and O–H groups in total. The van der Waals surface area contributed by atoms with Gasteiger partial charge in [-0.25, -0.2) is 4.79 Å². The molecule has 1 saturated heterocycles. The van der Waals surface area contributed by atoms with Crippen LogP contribution in [0, 0.1) is 0 Å². The van der Waals surface area contributed by atoms with E-state index in [9.17, 15) is 9.59 Å². The van der Waals surface area contributed by atoms with E-state index in [1.165, 1.54) is 0 Å². The third kappa shape index (κ3) is 2.84. The van der Waals surface area contributed by atoms with Gasteiger partial charge in [-0.3, -0.25) is 10.1 Å². The maximum absolute atomic E-state index is 12.4. The number of hydrogen-bond acceptors (Lipinski definition) is 4. The van der Waals surface area contributed by atoms with Crippen molar-refractivity contribution in [2.75, 3.05) is 13.2 Å². The molecule has 1 atom stereocenters. The second-order valence-electron chi connectivity index (χ2n) is 4.74. The predicted molar refractivity (Wildman–Crippen MR) is 71.6 cm³/mol. The highest BCUT2D eigenvalue weighted by Gasteiger charge is 2.42. The first-order chi connectivity index (χ1) is 9.19. The zero-order chi connectivity index (χ0) is 13.7. The molecule has 102 valence electrons. The van der Waals surface area contributed by atoms with Gasteiger partial charge in [0.2, 0.25) is 0 Å². The average molecular weight is 261 g/mol. The van der Waals surface area contributed by atoms with E-state index in [1.54, 1.807) is 6.92 Å². The predicted octanol–water partition coefficient (Wildman–Crippen LogP) is 1.79. The molecule has 19 heavy (non-hydrogen) atoms. The minimum Gasteiger partial charge on any atom is -0.464 e. The molecular formula is C15H19NO3. The second kappa shape index (κ2) is 5.97. The number of Topliss-reactive ketones (excluding diaryl/α,β-unsaturated/α-hetero) is 1. The highest BCUT2D eigenvalue weighted by atomic mass is 16.5. The summed E-state index contributed by atoms with van der Waals surface area (Å²) in [5.74, 6) is -0.155. The molecule has 0 radical (unpaired) electrons. The number of benzene rings is 1. The summed E-state index contributed by atoms with van der Waals surface area (Å²) in [6.45, 7) is 2.34. The van der Waals surface area contributed by atoms with Crippen molar-refractivity contribution in [2.24, 2.45) is 0 Å². The van der Waals surface area contributed by atoms with Crippen LogP contribution in [-0.2, 0) is 19.9 Å². The van der Waals surface area contributed by atoms with Crippen molar-refractivity contribution in [2.45, 2.75) is 31.7 Å². The molecular weight excluding hydrogens is 242 g/mol. The lowest BCUT2D eigenvalue weighted by Crippen LogP contribution is -2.50. The van der Waals surface area contributed by atoms with E-state index in [0.29, 0.717) is 25.9 Å². The van der Waals surface area contributed by atoms with Crippen molar-refractivity contribution in [3.8, 4) is 0 Å². The SMILES string of the molecule is CCOC(=O)C1(c2ccccc2)CCCC(=O)CN1. The monoisotopic (exact) mass is 261 g/mol. The van der Waals surface area contributed by atoms with Crippen molar-refractivity contribution in [1.82, 2.24) is 5.32 Å². The van der Waals surface area contributed by atoms with Crippen LogP contribution in [0.15, 0.2) is 30.3 Å². The Kier molecular flexibility index (Phi) is 4.32. The van der Waals surface area contributed by atoms with E-state index in [0.717, 1.165) is 5.56 Å². The standard InChI is InChI=1S/C15H19NO3/c1-2-19-14(18)15(12-7-4-3-5-8-12)10-6-9-13(17)11-16-15/h3-5,7-8,16H,2,6,9-11H2,1H3. The van der Waals surface area contributed by atoms with Crippen molar-refractivity contribution < 1.29 is 14.3 Å². The second-order valence-corrected chi connectivity index (χ2v) is 4.74. The van der Waals surface area contributed by atoms with Gasteiger partial charge in [0.25, 0.3) is 0 Å². The van der Waals surface area contributed by atoms with Gasteiger partial charge in [-0.1, -0.05) is 30.3 Å². The van der Waals surface area contributed by atoms with Gasteiger partial charge in [-0.2, -0.15) is 0 Å². The molecule has 4 heteroatoms. The van der Waals surface area contributed by atoms with Gasteiger partial charge in [0.15, 0.2) is 0 Å². The van der Waals surface area contributed by atoms with Crippen LogP contribution in [-0.4, -0.2) is 24.9 Å². The molecule has 1 aliphatic rings. The normalized spacial score (nSPS) is 23.7. The van der Waals surface area contributed by atoms with Gasteiger partial charge in [0.1, 0.15) is 11.3 Å². The number of nitrogens with one attached hydrogen (secondary N) is 1. The fourth-order valence-corrected chi connectivity index (χ4v) is 2.49. The van der Waals surface area contributed by atoms with Crippen molar-refractivity contribution in [3.63, 3.8) is 0 Å². The summed E-state index contributed by atoms with van der Waals surface area (Å²) in [6.07, 6.45) is 1.79. The molecule has 1 heterocycles. The lowest BCUT2D eigenvalue weighted by atomic mass is 9.85. The quantitative estimate of drug-likeness (QED) is 0.843. The number of esters is 1. The fraction of sp³-hybridized carbons (Fsp3) is 0.467. The number of ketones is 1. The van der Waals surface area contributed by atoms with Crippen molar-refractivity contribution in [3.05, 3.63) is 35.9 Å². The molecule has 1 unspecified atom stereocenters. The Balaban J connectivity index is 2.37. The summed E-state index contributed by atoms with van der Waals surface area (Å²) in [5.41, 5.74) is -0.0215. The first kappa shape index (κ1) is 13.7. The van der Waals surface area contributed by atoms with Gasteiger partial charge in [-0.05, 0) is 25.3 Å². The fourth-order valence-electron chi connectivity index (χ4n) is 2.49. The van der Waals surface area contributed by atoms with Crippen LogP contribution >= 0.6 is 0 Å². The minimum absolute atomic E-state index is 0.141. The topological polar surface area (TPSA) is 55.4 Å². The molecule has 0 amide bonds. The van der Waals surface area contributed by atoms with Crippen LogP contribution in [0.25, 0.3) is 0 Å². The Morgan fingerprint density at radius 3 is 2.79 bits per heavy atom. The lowest BCUT2D eigenvalue weighted by molar-refractivity contribution is -0.152. The van der Waals surface area contributed by atoms with E-state index in [-0.39, 0.29) is 18.3 Å². The molecule has 1 aliphatic heterocycles. The Morgan fingerprint density at radius 1 is 1.37 bits per heavy atom. The molecule has 2 rings (SSSR count). The lowest BCUT2D eigenvalue weighted by Gasteiger charge is -2.31. The first-order valence-corrected chi connectivity index (χ1v) is 6.68. The summed E-state index contributed by atoms with van der Waals surface area (Å²) in [6, 6.07) is 9.50. The van der Waals surface area contributed by atoms with Gasteiger partial charge >= 0.3 is 5.97 Å². The molecule has 0 aromatic heterocycles. The van der Waals surface area contributed by atoms with Gasteiger partial charge in [0.05, 0.1) is 13.2 Å². The third-order valence-corrected chi connectivity index (χ3v) is 3.49. The van der Waals surface area contributed by atoms with E-state index < -0.39 is 5.54 Å². The van der Waals surface area contributed by atoms with E-state index >= 15 is 0 Å². The zero-order valence-corrected chi connectivity index (χ0v) is 11.1. The van der Waals surface area contributed by atoms with E-state index in [1.807, 2.05) is 30.3 Å². The third-order valence-electron chi connectivity index (χ3n) is 3.49. The molecule has 4 nitrogen and oxygen atoms in total. The summed E-state index contributed by atoms with van der Waals surface area (Å²) in [4.78, 5) is 24.0. The van der Waals surface area contributed by atoms with Crippen LogP contribution in [0.1, 0.15) is 31.7 Å². The molecule has 1 fully saturated rings. The Labute approximate surface area is 113 Å². The summed E-state index contributed by atoms with van der Waals surface area (Å²) < 4.78 is 5.22. The number of hydrogen-bond donors (Lipinski definition) is 1. The summed E-state index contributed by atoms with van der Waals surface area (Å²) in [5, 5.41) is 3.12. The molecule has 0 saturated carbocycles.